The van der Waals surface area contributed by atoms with E-state index in [0.29, 0.717) is 12.1 Å². The Bertz CT molecular complexity index is 623. The number of hydrogen-bond acceptors (Lipinski definition) is 3. The molecule has 1 aromatic heterocycles. The third-order valence-corrected chi connectivity index (χ3v) is 2.32. The van der Waals surface area contributed by atoms with Crippen LogP contribution in [0.25, 0.3) is 0 Å². The first-order valence-corrected chi connectivity index (χ1v) is 5.15. The fraction of sp³-hybridized carbons (Fsp3) is 0. The molecule has 2 rings (SSSR count). The van der Waals surface area contributed by atoms with Gasteiger partial charge in [0, 0.05) is 11.8 Å². The number of rotatable bonds is 2. The van der Waals surface area contributed by atoms with Crippen molar-refractivity contribution >= 4 is 17.4 Å². The predicted octanol–water partition coefficient (Wildman–Crippen LogP) is 2.33. The van der Waals surface area contributed by atoms with Gasteiger partial charge in [0.2, 0.25) is 0 Å². The van der Waals surface area contributed by atoms with Crippen LogP contribution in [0.3, 0.4) is 0 Å². The van der Waals surface area contributed by atoms with E-state index >= 15 is 0 Å². The van der Waals surface area contributed by atoms with Gasteiger partial charge in [-0.2, -0.15) is 0 Å². The van der Waals surface area contributed by atoms with Gasteiger partial charge < -0.3 is 11.1 Å². The van der Waals surface area contributed by atoms with Gasteiger partial charge in [-0.05, 0) is 24.3 Å². The van der Waals surface area contributed by atoms with Gasteiger partial charge in [-0.3, -0.25) is 4.79 Å². The van der Waals surface area contributed by atoms with Crippen molar-refractivity contribution < 1.29 is 18.0 Å². The zero-order chi connectivity index (χ0) is 14.0. The number of carbonyl (C=O) groups excluding carboxylic acids is 1. The van der Waals surface area contributed by atoms with Crippen molar-refractivity contribution in [2.75, 3.05) is 11.1 Å². The van der Waals surface area contributed by atoms with Gasteiger partial charge >= 0.3 is 0 Å². The van der Waals surface area contributed by atoms with Crippen molar-refractivity contribution in [3.63, 3.8) is 0 Å². The molecule has 1 heterocycles. The molecule has 0 atom stereocenters. The number of hydrogen-bond donors (Lipinski definition) is 2. The molecule has 1 amide bonds. The number of nitrogen functional groups attached to an aromatic ring is 1. The molecule has 98 valence electrons. The lowest BCUT2D eigenvalue weighted by Crippen LogP contribution is -2.15. The Balaban J connectivity index is 2.28. The van der Waals surface area contributed by atoms with Crippen molar-refractivity contribution in [1.82, 2.24) is 4.98 Å². The summed E-state index contributed by atoms with van der Waals surface area (Å²) in [5.41, 5.74) is 5.37. The Morgan fingerprint density at radius 3 is 2.42 bits per heavy atom. The van der Waals surface area contributed by atoms with Gasteiger partial charge in [0.15, 0.2) is 23.3 Å². The van der Waals surface area contributed by atoms with E-state index in [4.69, 9.17) is 5.73 Å². The van der Waals surface area contributed by atoms with Crippen LogP contribution in [-0.4, -0.2) is 10.9 Å². The van der Waals surface area contributed by atoms with Crippen molar-refractivity contribution in [1.29, 1.82) is 0 Å². The fourth-order valence-electron chi connectivity index (χ4n) is 1.39. The van der Waals surface area contributed by atoms with Gasteiger partial charge in [-0.15, -0.1) is 0 Å². The van der Waals surface area contributed by atoms with E-state index in [2.05, 4.69) is 10.3 Å². The minimum Gasteiger partial charge on any atom is -0.396 e. The molecule has 2 aromatic rings. The summed E-state index contributed by atoms with van der Waals surface area (Å²) in [7, 11) is 0. The summed E-state index contributed by atoms with van der Waals surface area (Å²) in [6.07, 6.45) is 1.39. The summed E-state index contributed by atoms with van der Waals surface area (Å²) in [6, 6.07) is 4.23. The van der Waals surface area contributed by atoms with E-state index in [-0.39, 0.29) is 17.1 Å². The number of nitrogens with two attached hydrogens (primary N) is 1. The lowest BCUT2D eigenvalue weighted by Gasteiger charge is -2.07. The van der Waals surface area contributed by atoms with E-state index in [1.54, 1.807) is 6.07 Å². The number of nitrogens with zero attached hydrogens (tertiary/aromatic N) is 1. The van der Waals surface area contributed by atoms with Crippen molar-refractivity contribution in [2.24, 2.45) is 0 Å². The predicted molar refractivity (Wildman–Crippen MR) is 62.9 cm³/mol. The van der Waals surface area contributed by atoms with E-state index < -0.39 is 23.4 Å². The number of aromatic nitrogens is 1. The number of benzene rings is 1. The highest BCUT2D eigenvalue weighted by atomic mass is 19.2. The first-order valence-electron chi connectivity index (χ1n) is 5.15. The summed E-state index contributed by atoms with van der Waals surface area (Å²) in [4.78, 5) is 15.5. The molecule has 0 radical (unpaired) electrons. The standard InChI is InChI=1S/C12H8F3N3O/c13-7-4-6(5-8(14)10(7)15)12(19)18-11-9(16)2-1-3-17-11/h1-5H,16H2,(H,17,18,19). The highest BCUT2D eigenvalue weighted by molar-refractivity contribution is 6.05. The molecular weight excluding hydrogens is 259 g/mol. The lowest BCUT2D eigenvalue weighted by molar-refractivity contribution is 0.102. The van der Waals surface area contributed by atoms with Gasteiger partial charge in [0.25, 0.3) is 5.91 Å². The minimum atomic E-state index is -1.63. The van der Waals surface area contributed by atoms with E-state index in [1.807, 2.05) is 0 Å². The molecule has 19 heavy (non-hydrogen) atoms. The second kappa shape index (κ2) is 4.97. The molecule has 0 saturated heterocycles. The molecule has 0 bridgehead atoms. The van der Waals surface area contributed by atoms with Crippen LogP contribution in [0.15, 0.2) is 30.5 Å². The Kier molecular flexibility index (Phi) is 3.37. The number of anilines is 2. The van der Waals surface area contributed by atoms with Crippen LogP contribution in [0, 0.1) is 17.5 Å². The lowest BCUT2D eigenvalue weighted by atomic mass is 10.2. The van der Waals surface area contributed by atoms with Crippen LogP contribution in [0.5, 0.6) is 0 Å². The van der Waals surface area contributed by atoms with Gasteiger partial charge in [-0.1, -0.05) is 0 Å². The van der Waals surface area contributed by atoms with Gasteiger partial charge in [0.1, 0.15) is 0 Å². The number of nitrogens with one attached hydrogen (secondary N) is 1. The first kappa shape index (κ1) is 12.9. The van der Waals surface area contributed by atoms with Crippen LogP contribution in [0.2, 0.25) is 0 Å². The number of carbonyl (C=O) groups is 1. The maximum absolute atomic E-state index is 13.0. The fourth-order valence-corrected chi connectivity index (χ4v) is 1.39. The molecule has 0 fully saturated rings. The molecule has 0 unspecified atom stereocenters. The Hall–Kier alpha value is -2.57. The second-order valence-corrected chi connectivity index (χ2v) is 3.65. The van der Waals surface area contributed by atoms with Crippen LogP contribution in [-0.2, 0) is 0 Å². The molecule has 0 aliphatic carbocycles. The molecule has 1 aromatic carbocycles. The van der Waals surface area contributed by atoms with Crippen LogP contribution in [0.4, 0.5) is 24.7 Å². The van der Waals surface area contributed by atoms with E-state index in [0.717, 1.165) is 0 Å². The SMILES string of the molecule is Nc1cccnc1NC(=O)c1cc(F)c(F)c(F)c1. The molecule has 0 spiro atoms. The molecule has 3 N–H and O–H groups in total. The molecule has 4 nitrogen and oxygen atoms in total. The molecule has 0 saturated carbocycles. The third-order valence-electron chi connectivity index (χ3n) is 2.32. The summed E-state index contributed by atoms with van der Waals surface area (Å²) >= 11 is 0. The van der Waals surface area contributed by atoms with Gasteiger partial charge in [0.05, 0.1) is 5.69 Å². The highest BCUT2D eigenvalue weighted by Gasteiger charge is 2.16. The van der Waals surface area contributed by atoms with E-state index in [9.17, 15) is 18.0 Å². The quantitative estimate of drug-likeness (QED) is 0.820. The topological polar surface area (TPSA) is 68.0 Å². The average Bonchev–Trinajstić information content (AvgIpc) is 2.38. The molecule has 7 heteroatoms. The van der Waals surface area contributed by atoms with Crippen LogP contribution < -0.4 is 11.1 Å². The first-order chi connectivity index (χ1) is 8.99. The average molecular weight is 267 g/mol. The number of amides is 1. The Morgan fingerprint density at radius 1 is 1.21 bits per heavy atom. The van der Waals surface area contributed by atoms with E-state index in [1.165, 1.54) is 12.3 Å². The molecular formula is C12H8F3N3O. The summed E-state index contributed by atoms with van der Waals surface area (Å²) < 4.78 is 38.7. The highest BCUT2D eigenvalue weighted by Crippen LogP contribution is 2.17. The summed E-state index contributed by atoms with van der Waals surface area (Å²) in [5.74, 6) is -5.31. The number of pyridine rings is 1. The van der Waals surface area contributed by atoms with Crippen molar-refractivity contribution in [3.8, 4) is 0 Å². The van der Waals surface area contributed by atoms with Crippen molar-refractivity contribution in [2.45, 2.75) is 0 Å². The minimum absolute atomic E-state index is 0.0534. The summed E-state index contributed by atoms with van der Waals surface area (Å²) in [5, 5.41) is 2.27. The second-order valence-electron chi connectivity index (χ2n) is 3.65. The maximum atomic E-state index is 13.0. The maximum Gasteiger partial charge on any atom is 0.257 e. The summed E-state index contributed by atoms with van der Waals surface area (Å²) in [6.45, 7) is 0. The largest absolute Gasteiger partial charge is 0.396 e. The number of halogens is 3. The monoisotopic (exact) mass is 267 g/mol. The zero-order valence-electron chi connectivity index (χ0n) is 9.45. The van der Waals surface area contributed by atoms with Gasteiger partial charge in [-0.25, -0.2) is 18.2 Å². The smallest absolute Gasteiger partial charge is 0.257 e. The Labute approximate surface area is 106 Å². The van der Waals surface area contributed by atoms with Crippen molar-refractivity contribution in [3.05, 3.63) is 53.5 Å². The third kappa shape index (κ3) is 2.65. The zero-order valence-corrected chi connectivity index (χ0v) is 9.45. The Morgan fingerprint density at radius 2 is 1.84 bits per heavy atom. The van der Waals surface area contributed by atoms with Crippen LogP contribution >= 0.6 is 0 Å². The van der Waals surface area contributed by atoms with Crippen LogP contribution in [0.1, 0.15) is 10.4 Å². The molecule has 0 aliphatic rings. The molecule has 0 aliphatic heterocycles. The normalized spacial score (nSPS) is 10.3.